The van der Waals surface area contributed by atoms with Crippen molar-refractivity contribution in [2.75, 3.05) is 5.32 Å². The molecule has 0 atom stereocenters. The van der Waals surface area contributed by atoms with E-state index in [1.54, 1.807) is 24.5 Å². The van der Waals surface area contributed by atoms with Gasteiger partial charge in [-0.3, -0.25) is 19.9 Å². The topological polar surface area (TPSA) is 209 Å². The van der Waals surface area contributed by atoms with E-state index in [4.69, 9.17) is 15.0 Å². The number of benzene rings is 1. The first-order valence-corrected chi connectivity index (χ1v) is 11.5. The Morgan fingerprint density at radius 1 is 1.03 bits per heavy atom. The van der Waals surface area contributed by atoms with Gasteiger partial charge in [-0.25, -0.2) is 19.6 Å². The highest BCUT2D eigenvalue weighted by Gasteiger charge is 2.18. The molecular weight excluding hydrogens is 502 g/mol. The molecule has 3 aromatic rings. The lowest BCUT2D eigenvalue weighted by molar-refractivity contribution is -0.114. The smallest absolute Gasteiger partial charge is 0.409 e. The molecule has 0 unspecified atom stereocenters. The van der Waals surface area contributed by atoms with Gasteiger partial charge in [-0.05, 0) is 48.2 Å². The molecule has 2 heterocycles. The number of aliphatic imine (C=N–C) groups is 1. The van der Waals surface area contributed by atoms with E-state index in [1.807, 2.05) is 24.3 Å². The minimum absolute atomic E-state index is 0.257. The fraction of sp³-hybridized carbons (Fsp3) is 0.174. The Morgan fingerprint density at radius 2 is 1.68 bits per heavy atom. The Hall–Kier alpha value is -4.85. The summed E-state index contributed by atoms with van der Waals surface area (Å²) in [5.74, 6) is -0.515. The van der Waals surface area contributed by atoms with Gasteiger partial charge in [0.15, 0.2) is 5.13 Å². The summed E-state index contributed by atoms with van der Waals surface area (Å²) >= 11 is 1.14. The number of nitrogens with one attached hydrogen (secondary N) is 3. The fourth-order valence-electron chi connectivity index (χ4n) is 2.84. The van der Waals surface area contributed by atoms with Gasteiger partial charge >= 0.3 is 12.2 Å². The molecule has 0 aliphatic rings. The van der Waals surface area contributed by atoms with E-state index in [0.717, 1.165) is 28.8 Å². The highest BCUT2D eigenvalue weighted by molar-refractivity contribution is 7.17. The van der Waals surface area contributed by atoms with Crippen molar-refractivity contribution >= 4 is 52.5 Å². The summed E-state index contributed by atoms with van der Waals surface area (Å²) in [6, 6.07) is 10.9. The summed E-state index contributed by atoms with van der Waals surface area (Å²) in [7, 11) is 0. The van der Waals surface area contributed by atoms with Crippen molar-refractivity contribution in [1.82, 2.24) is 20.6 Å². The van der Waals surface area contributed by atoms with Gasteiger partial charge in [0.1, 0.15) is 4.88 Å². The van der Waals surface area contributed by atoms with Crippen LogP contribution >= 0.6 is 11.3 Å². The van der Waals surface area contributed by atoms with Crippen LogP contribution in [0.4, 0.5) is 20.4 Å². The molecule has 0 bridgehead atoms. The summed E-state index contributed by atoms with van der Waals surface area (Å²) in [6.07, 6.45) is 3.02. The van der Waals surface area contributed by atoms with Crippen LogP contribution in [0.3, 0.4) is 0 Å². The van der Waals surface area contributed by atoms with Gasteiger partial charge in [-0.1, -0.05) is 23.5 Å². The van der Waals surface area contributed by atoms with E-state index in [2.05, 4.69) is 36.6 Å². The Morgan fingerprint density at radius 3 is 2.27 bits per heavy atom. The van der Waals surface area contributed by atoms with E-state index in [1.165, 1.54) is 6.92 Å². The van der Waals surface area contributed by atoms with Crippen molar-refractivity contribution in [3.63, 3.8) is 0 Å². The van der Waals surface area contributed by atoms with E-state index in [-0.39, 0.29) is 11.8 Å². The summed E-state index contributed by atoms with van der Waals surface area (Å²) in [6.45, 7) is 1.74. The Kier molecular flexibility index (Phi) is 11.1. The molecule has 2 aromatic heterocycles. The van der Waals surface area contributed by atoms with Gasteiger partial charge in [-0.2, -0.15) is 0 Å². The van der Waals surface area contributed by atoms with Gasteiger partial charge in [0.25, 0.3) is 5.91 Å². The quantitative estimate of drug-likeness (QED) is 0.179. The van der Waals surface area contributed by atoms with Crippen LogP contribution in [0.5, 0.6) is 0 Å². The molecule has 0 aliphatic carbocycles. The average Bonchev–Trinajstić information content (AvgIpc) is 3.24. The monoisotopic (exact) mass is 527 g/mol. The summed E-state index contributed by atoms with van der Waals surface area (Å²) in [5.41, 5.74) is 7.15. The van der Waals surface area contributed by atoms with Gasteiger partial charge in [0.2, 0.25) is 5.91 Å². The van der Waals surface area contributed by atoms with Gasteiger partial charge in [-0.15, -0.1) is 0 Å². The molecule has 0 aliphatic heterocycles. The van der Waals surface area contributed by atoms with Crippen LogP contribution in [-0.4, -0.2) is 50.5 Å². The van der Waals surface area contributed by atoms with Crippen LogP contribution in [-0.2, 0) is 24.2 Å². The Labute approximate surface area is 215 Å². The number of nitrogens with zero attached hydrogens (tertiary/aromatic N) is 3. The number of pyridine rings is 1. The molecule has 7 N–H and O–H groups in total. The van der Waals surface area contributed by atoms with E-state index in [0.29, 0.717) is 40.8 Å². The van der Waals surface area contributed by atoms with Gasteiger partial charge < -0.3 is 26.6 Å². The van der Waals surface area contributed by atoms with Crippen molar-refractivity contribution < 1.29 is 29.4 Å². The lowest BCUT2D eigenvalue weighted by Crippen LogP contribution is -2.23. The first-order chi connectivity index (χ1) is 17.6. The summed E-state index contributed by atoms with van der Waals surface area (Å²) < 4.78 is 0. The molecule has 194 valence electrons. The molecule has 0 saturated heterocycles. The number of hydrogen-bond donors (Lipinski definition) is 6. The summed E-state index contributed by atoms with van der Waals surface area (Å²) in [5, 5.41) is 23.7. The van der Waals surface area contributed by atoms with E-state index in [9.17, 15) is 14.4 Å². The third-order valence-electron chi connectivity index (χ3n) is 4.38. The van der Waals surface area contributed by atoms with Crippen LogP contribution in [0.2, 0.25) is 0 Å². The molecule has 14 heteroatoms. The lowest BCUT2D eigenvalue weighted by atomic mass is 10.1. The zero-order valence-corrected chi connectivity index (χ0v) is 20.5. The molecule has 0 radical (unpaired) electrons. The van der Waals surface area contributed by atoms with Gasteiger partial charge in [0.05, 0.1) is 17.7 Å². The second kappa shape index (κ2) is 14.5. The molecule has 37 heavy (non-hydrogen) atoms. The predicted octanol–water partition coefficient (Wildman–Crippen LogP) is 2.76. The number of nitrogens with two attached hydrogens (primary N) is 1. The number of aromatic nitrogens is 2. The highest BCUT2D eigenvalue weighted by Crippen LogP contribution is 2.25. The maximum Gasteiger partial charge on any atom is 0.409 e. The molecule has 0 spiro atoms. The molecule has 3 rings (SSSR count). The second-order valence-corrected chi connectivity index (χ2v) is 8.23. The zero-order chi connectivity index (χ0) is 27.2. The minimum Gasteiger partial charge on any atom is -0.465 e. The van der Waals surface area contributed by atoms with Crippen molar-refractivity contribution in [3.8, 4) is 0 Å². The van der Waals surface area contributed by atoms with Crippen molar-refractivity contribution in [2.45, 2.75) is 26.3 Å². The number of thiazole rings is 1. The van der Waals surface area contributed by atoms with Crippen molar-refractivity contribution in [1.29, 1.82) is 0 Å². The van der Waals surface area contributed by atoms with Crippen molar-refractivity contribution in [3.05, 3.63) is 70.5 Å². The number of amides is 4. The number of anilines is 1. The maximum absolute atomic E-state index is 12.8. The van der Waals surface area contributed by atoms with E-state index < -0.39 is 12.2 Å². The largest absolute Gasteiger partial charge is 0.465 e. The third-order valence-corrected chi connectivity index (χ3v) is 5.39. The number of hydrogen-bond acceptors (Lipinski definition) is 8. The summed E-state index contributed by atoms with van der Waals surface area (Å²) in [4.78, 5) is 56.3. The highest BCUT2D eigenvalue weighted by atomic mass is 32.1. The molecule has 1 aromatic carbocycles. The predicted molar refractivity (Wildman–Crippen MR) is 137 cm³/mol. The first kappa shape index (κ1) is 28.4. The third kappa shape index (κ3) is 11.0. The molecular formula is C23H25N7O6S. The van der Waals surface area contributed by atoms with Crippen LogP contribution in [0.25, 0.3) is 0 Å². The first-order valence-electron chi connectivity index (χ1n) is 10.7. The van der Waals surface area contributed by atoms with Crippen LogP contribution in [0.15, 0.2) is 53.8 Å². The standard InChI is InChI=1S/C22H22N6O4S.CH3NO2/c1-14(29)27-21-28-18(19(33-21)20(30)24-12-16-8-10-23-11-9-16)7-4-15-2-5-17(6-3-15)25-13-26-22(31)32;2-1(3)4/h2-3,5-6,8-11,13H,4,7,12H2,1H3,(H,24,30)(H,25,26)(H,31,32)(H,27,28,29);2H2,(H,3,4). The molecule has 0 saturated carbocycles. The molecule has 13 nitrogen and oxygen atoms in total. The maximum atomic E-state index is 12.8. The van der Waals surface area contributed by atoms with Gasteiger partial charge in [0, 0.05) is 25.9 Å². The number of primary amides is 1. The minimum atomic E-state index is -1.33. The number of rotatable bonds is 9. The number of carboxylic acid groups (broad SMARTS) is 2. The Bertz CT molecular complexity index is 1240. The molecule has 4 amide bonds. The van der Waals surface area contributed by atoms with Crippen LogP contribution in [0, 0.1) is 0 Å². The average molecular weight is 528 g/mol. The molecule has 0 fully saturated rings. The zero-order valence-electron chi connectivity index (χ0n) is 19.7. The normalized spacial score (nSPS) is 10.2. The van der Waals surface area contributed by atoms with Crippen LogP contribution in [0.1, 0.15) is 33.4 Å². The number of aryl methyl sites for hydroxylation is 2. The number of carbonyl (C=O) groups excluding carboxylic acids is 2. The second-order valence-electron chi connectivity index (χ2n) is 7.23. The van der Waals surface area contributed by atoms with Crippen LogP contribution < -0.4 is 21.7 Å². The van der Waals surface area contributed by atoms with E-state index >= 15 is 0 Å². The Balaban J connectivity index is 0.00000112. The SMILES string of the molecule is CC(=O)Nc1nc(CCc2ccc(N=CNC(=O)O)cc2)c(C(=O)NCc2ccncc2)s1.NC(=O)O. The number of carbonyl (C=O) groups is 4. The fourth-order valence-corrected chi connectivity index (χ4v) is 3.81. The van der Waals surface area contributed by atoms with Crippen molar-refractivity contribution in [2.24, 2.45) is 10.7 Å². The lowest BCUT2D eigenvalue weighted by Gasteiger charge is -2.06.